The van der Waals surface area contributed by atoms with Crippen molar-refractivity contribution in [3.8, 4) is 0 Å². The zero-order valence-electron chi connectivity index (χ0n) is 14.2. The number of halogens is 1. The van der Waals surface area contributed by atoms with E-state index >= 15 is 0 Å². The molecule has 3 unspecified atom stereocenters. The van der Waals surface area contributed by atoms with Crippen LogP contribution in [0.1, 0.15) is 38.3 Å². The minimum Gasteiger partial charge on any atom is -0.357 e. The van der Waals surface area contributed by atoms with Crippen LogP contribution < -0.4 is 21.5 Å². The fourth-order valence-electron chi connectivity index (χ4n) is 2.84. The molecular formula is C17H25ClN4O2. The molecule has 0 aromatic heterocycles. The first-order valence-electron chi connectivity index (χ1n) is 8.19. The Bertz CT molecular complexity index is 594. The molecule has 1 heterocycles. The highest BCUT2D eigenvalue weighted by atomic mass is 35.5. The lowest BCUT2D eigenvalue weighted by Crippen LogP contribution is -2.52. The first-order valence-corrected chi connectivity index (χ1v) is 8.57. The van der Waals surface area contributed by atoms with E-state index in [1.54, 1.807) is 7.05 Å². The quantitative estimate of drug-likeness (QED) is 0.625. The third-order valence-electron chi connectivity index (χ3n) is 4.09. The predicted molar refractivity (Wildman–Crippen MR) is 94.3 cm³/mol. The fraction of sp³-hybridized carbons (Fsp3) is 0.529. The second-order valence-electron chi connectivity index (χ2n) is 6.46. The summed E-state index contributed by atoms with van der Waals surface area (Å²) < 4.78 is 0. The molecule has 24 heavy (non-hydrogen) atoms. The van der Waals surface area contributed by atoms with Crippen molar-refractivity contribution >= 4 is 23.4 Å². The summed E-state index contributed by atoms with van der Waals surface area (Å²) in [6.45, 7) is 4.04. The first-order chi connectivity index (χ1) is 11.4. The Morgan fingerprint density at radius 2 is 2.00 bits per heavy atom. The second kappa shape index (κ2) is 8.46. The van der Waals surface area contributed by atoms with Gasteiger partial charge in [0.25, 0.3) is 0 Å². The van der Waals surface area contributed by atoms with Crippen LogP contribution in [0.25, 0.3) is 0 Å². The van der Waals surface area contributed by atoms with Gasteiger partial charge in [0.15, 0.2) is 0 Å². The van der Waals surface area contributed by atoms with E-state index in [-0.39, 0.29) is 17.9 Å². The Labute approximate surface area is 147 Å². The third kappa shape index (κ3) is 4.69. The van der Waals surface area contributed by atoms with Crippen molar-refractivity contribution in [2.45, 2.75) is 44.8 Å². The summed E-state index contributed by atoms with van der Waals surface area (Å²) in [5, 5.41) is 6.11. The summed E-state index contributed by atoms with van der Waals surface area (Å²) in [7, 11) is 1.57. The molecule has 0 aliphatic carbocycles. The van der Waals surface area contributed by atoms with Gasteiger partial charge in [0.1, 0.15) is 12.1 Å². The van der Waals surface area contributed by atoms with Crippen molar-refractivity contribution in [1.82, 2.24) is 21.5 Å². The van der Waals surface area contributed by atoms with Crippen molar-refractivity contribution in [2.24, 2.45) is 5.92 Å². The summed E-state index contributed by atoms with van der Waals surface area (Å²) in [5.74, 6) is -0.0601. The van der Waals surface area contributed by atoms with Crippen molar-refractivity contribution < 1.29 is 9.59 Å². The Morgan fingerprint density at radius 3 is 2.62 bits per heavy atom. The molecule has 0 bridgehead atoms. The van der Waals surface area contributed by atoms with Gasteiger partial charge in [-0.25, -0.2) is 10.9 Å². The van der Waals surface area contributed by atoms with E-state index in [0.717, 1.165) is 5.56 Å². The fourth-order valence-corrected chi connectivity index (χ4v) is 3.11. The highest BCUT2D eigenvalue weighted by Crippen LogP contribution is 2.28. The lowest BCUT2D eigenvalue weighted by molar-refractivity contribution is -0.130. The van der Waals surface area contributed by atoms with E-state index in [9.17, 15) is 9.59 Å². The molecule has 2 rings (SSSR count). The lowest BCUT2D eigenvalue weighted by Gasteiger charge is -2.21. The molecule has 1 aromatic carbocycles. The number of amides is 2. The van der Waals surface area contributed by atoms with Crippen LogP contribution in [0.3, 0.4) is 0 Å². The molecule has 0 radical (unpaired) electrons. The topological polar surface area (TPSA) is 82.3 Å². The summed E-state index contributed by atoms with van der Waals surface area (Å²) in [4.78, 5) is 24.4. The SMILES string of the molecule is CNC(=O)C(CC(C)C)NC(=O)C1CC(c2ccccc2Cl)NN1. The number of nitrogens with one attached hydrogen (secondary N) is 4. The zero-order valence-corrected chi connectivity index (χ0v) is 15.0. The van der Waals surface area contributed by atoms with E-state index in [0.29, 0.717) is 23.8 Å². The van der Waals surface area contributed by atoms with Crippen LogP contribution in [-0.2, 0) is 9.59 Å². The maximum Gasteiger partial charge on any atom is 0.242 e. The van der Waals surface area contributed by atoms with Crippen LogP contribution in [0.2, 0.25) is 5.02 Å². The van der Waals surface area contributed by atoms with E-state index in [1.807, 2.05) is 38.1 Å². The van der Waals surface area contributed by atoms with Crippen LogP contribution in [0.5, 0.6) is 0 Å². The van der Waals surface area contributed by atoms with Crippen LogP contribution in [0.15, 0.2) is 24.3 Å². The van der Waals surface area contributed by atoms with Gasteiger partial charge in [-0.1, -0.05) is 43.6 Å². The molecule has 7 heteroatoms. The number of hydrogen-bond acceptors (Lipinski definition) is 4. The molecular weight excluding hydrogens is 328 g/mol. The predicted octanol–water partition coefficient (Wildman–Crippen LogP) is 1.52. The van der Waals surface area contributed by atoms with Gasteiger partial charge >= 0.3 is 0 Å². The maximum absolute atomic E-state index is 12.5. The molecule has 1 aliphatic heterocycles. The molecule has 4 N–H and O–H groups in total. The average molecular weight is 353 g/mol. The molecule has 6 nitrogen and oxygen atoms in total. The van der Waals surface area contributed by atoms with Crippen molar-refractivity contribution in [1.29, 1.82) is 0 Å². The van der Waals surface area contributed by atoms with Crippen molar-refractivity contribution in [2.75, 3.05) is 7.05 Å². The van der Waals surface area contributed by atoms with Crippen LogP contribution in [0, 0.1) is 5.92 Å². The van der Waals surface area contributed by atoms with Gasteiger partial charge in [-0.05, 0) is 30.4 Å². The molecule has 1 saturated heterocycles. The summed E-state index contributed by atoms with van der Waals surface area (Å²) in [5.41, 5.74) is 7.05. The number of hydrazine groups is 1. The van der Waals surface area contributed by atoms with Crippen molar-refractivity contribution in [3.05, 3.63) is 34.9 Å². The molecule has 132 valence electrons. The monoisotopic (exact) mass is 352 g/mol. The van der Waals surface area contributed by atoms with Crippen LogP contribution in [-0.4, -0.2) is 30.9 Å². The summed E-state index contributed by atoms with van der Waals surface area (Å²) in [6, 6.07) is 6.58. The van der Waals surface area contributed by atoms with E-state index in [1.165, 1.54) is 0 Å². The van der Waals surface area contributed by atoms with Gasteiger partial charge < -0.3 is 10.6 Å². The summed E-state index contributed by atoms with van der Waals surface area (Å²) in [6.07, 6.45) is 1.16. The number of likely N-dealkylation sites (N-methyl/N-ethyl adjacent to an activating group) is 1. The number of benzene rings is 1. The maximum atomic E-state index is 12.5. The molecule has 1 aliphatic rings. The van der Waals surface area contributed by atoms with Gasteiger partial charge in [-0.2, -0.15) is 0 Å². The van der Waals surface area contributed by atoms with E-state index < -0.39 is 12.1 Å². The van der Waals surface area contributed by atoms with Crippen molar-refractivity contribution in [3.63, 3.8) is 0 Å². The van der Waals surface area contributed by atoms with Gasteiger partial charge in [0.2, 0.25) is 11.8 Å². The van der Waals surface area contributed by atoms with Crippen LogP contribution >= 0.6 is 11.6 Å². The molecule has 2 amide bonds. The number of carbonyl (C=O) groups excluding carboxylic acids is 2. The lowest BCUT2D eigenvalue weighted by atomic mass is 10.00. The minimum absolute atomic E-state index is 0.0435. The van der Waals surface area contributed by atoms with Gasteiger partial charge in [-0.3, -0.25) is 9.59 Å². The molecule has 1 fully saturated rings. The highest BCUT2D eigenvalue weighted by molar-refractivity contribution is 6.31. The Hall–Kier alpha value is -1.63. The summed E-state index contributed by atoms with van der Waals surface area (Å²) >= 11 is 6.21. The minimum atomic E-state index is -0.524. The highest BCUT2D eigenvalue weighted by Gasteiger charge is 2.33. The Morgan fingerprint density at radius 1 is 1.29 bits per heavy atom. The molecule has 0 spiro atoms. The van der Waals surface area contributed by atoms with E-state index in [4.69, 9.17) is 11.6 Å². The second-order valence-corrected chi connectivity index (χ2v) is 6.86. The van der Waals surface area contributed by atoms with Gasteiger partial charge in [-0.15, -0.1) is 0 Å². The van der Waals surface area contributed by atoms with Gasteiger partial charge in [0, 0.05) is 18.1 Å². The zero-order chi connectivity index (χ0) is 17.7. The standard InChI is InChI=1S/C17H25ClN4O2/c1-10(2)8-14(16(23)19-3)20-17(24)15-9-13(21-22-15)11-6-4-5-7-12(11)18/h4-7,10,13-15,21-22H,8-9H2,1-3H3,(H,19,23)(H,20,24). The first kappa shape index (κ1) is 18.7. The smallest absolute Gasteiger partial charge is 0.242 e. The van der Waals surface area contributed by atoms with Gasteiger partial charge in [0.05, 0.1) is 0 Å². The normalized spacial score (nSPS) is 21.5. The Balaban J connectivity index is 1.98. The van der Waals surface area contributed by atoms with Crippen LogP contribution in [0.4, 0.5) is 0 Å². The Kier molecular flexibility index (Phi) is 6.60. The largest absolute Gasteiger partial charge is 0.357 e. The molecule has 3 atom stereocenters. The van der Waals surface area contributed by atoms with E-state index in [2.05, 4.69) is 21.5 Å². The average Bonchev–Trinajstić information content (AvgIpc) is 3.03. The number of rotatable bonds is 6. The molecule has 1 aromatic rings. The number of hydrogen-bond donors (Lipinski definition) is 4. The number of carbonyl (C=O) groups is 2. The third-order valence-corrected chi connectivity index (χ3v) is 4.43. The molecule has 0 saturated carbocycles.